The second-order valence-electron chi connectivity index (χ2n) is 4.09. The summed E-state index contributed by atoms with van der Waals surface area (Å²) in [7, 11) is 0. The van der Waals surface area contributed by atoms with Crippen LogP contribution in [0, 0.1) is 6.92 Å². The number of alkyl halides is 3. The summed E-state index contributed by atoms with van der Waals surface area (Å²) in [4.78, 5) is 7.49. The molecule has 0 aliphatic heterocycles. The van der Waals surface area contributed by atoms with Gasteiger partial charge in [-0.05, 0) is 24.6 Å². The maximum absolute atomic E-state index is 12.8. The third kappa shape index (κ3) is 3.30. The molecule has 0 atom stereocenters. The number of nitrogens with two attached hydrogens (primary N) is 1. The summed E-state index contributed by atoms with van der Waals surface area (Å²) in [5, 5.41) is 2.81. The zero-order chi connectivity index (χ0) is 14.9. The second-order valence-corrected chi connectivity index (χ2v) is 4.47. The van der Waals surface area contributed by atoms with Crippen molar-refractivity contribution in [2.45, 2.75) is 13.1 Å². The molecule has 2 rings (SSSR count). The Morgan fingerprint density at radius 1 is 1.20 bits per heavy atom. The Hall–Kier alpha value is -2.02. The number of hydrogen-bond donors (Lipinski definition) is 2. The lowest BCUT2D eigenvalue weighted by Crippen LogP contribution is -2.08. The number of nitrogen functional groups attached to an aromatic ring is 1. The molecule has 0 bridgehead atoms. The van der Waals surface area contributed by atoms with Crippen LogP contribution in [-0.2, 0) is 6.18 Å². The molecule has 2 aromatic rings. The Balaban J connectivity index is 2.35. The molecular weight excluding hydrogens is 293 g/mol. The van der Waals surface area contributed by atoms with E-state index in [1.54, 1.807) is 0 Å². The first-order valence-corrected chi connectivity index (χ1v) is 5.88. The minimum atomic E-state index is -4.41. The van der Waals surface area contributed by atoms with E-state index in [1.807, 2.05) is 0 Å². The van der Waals surface area contributed by atoms with E-state index in [0.717, 1.165) is 6.07 Å². The number of aryl methyl sites for hydroxylation is 1. The summed E-state index contributed by atoms with van der Waals surface area (Å²) in [6.45, 7) is 1.39. The van der Waals surface area contributed by atoms with E-state index in [4.69, 9.17) is 17.3 Å². The van der Waals surface area contributed by atoms with Gasteiger partial charge in [-0.15, -0.1) is 0 Å². The third-order valence-electron chi connectivity index (χ3n) is 2.53. The third-order valence-corrected chi connectivity index (χ3v) is 2.72. The summed E-state index contributed by atoms with van der Waals surface area (Å²) in [5.74, 6) is 0.155. The molecule has 20 heavy (non-hydrogen) atoms. The first kappa shape index (κ1) is 14.4. The molecule has 4 nitrogen and oxygen atoms in total. The van der Waals surface area contributed by atoms with Gasteiger partial charge in [0.1, 0.15) is 11.0 Å². The summed E-state index contributed by atoms with van der Waals surface area (Å²) in [5.41, 5.74) is 5.07. The molecule has 0 fully saturated rings. The topological polar surface area (TPSA) is 63.8 Å². The first-order valence-electron chi connectivity index (χ1n) is 5.50. The zero-order valence-electron chi connectivity index (χ0n) is 10.3. The molecule has 0 saturated carbocycles. The van der Waals surface area contributed by atoms with Gasteiger partial charge in [0.05, 0.1) is 5.56 Å². The number of benzene rings is 1. The van der Waals surface area contributed by atoms with Crippen LogP contribution in [0.1, 0.15) is 11.1 Å². The van der Waals surface area contributed by atoms with Crippen LogP contribution in [0.4, 0.5) is 30.6 Å². The summed E-state index contributed by atoms with van der Waals surface area (Å²) < 4.78 is 38.4. The van der Waals surface area contributed by atoms with Gasteiger partial charge < -0.3 is 11.1 Å². The molecule has 0 radical (unpaired) electrons. The molecular formula is C12H10ClF3N4. The van der Waals surface area contributed by atoms with E-state index in [1.165, 1.54) is 25.1 Å². The molecule has 8 heteroatoms. The van der Waals surface area contributed by atoms with Crippen molar-refractivity contribution in [2.75, 3.05) is 11.1 Å². The van der Waals surface area contributed by atoms with Gasteiger partial charge in [-0.25, -0.2) is 4.98 Å². The van der Waals surface area contributed by atoms with E-state index >= 15 is 0 Å². The van der Waals surface area contributed by atoms with Crippen LogP contribution < -0.4 is 11.1 Å². The highest BCUT2D eigenvalue weighted by Crippen LogP contribution is 2.34. The number of halogens is 4. The fourth-order valence-corrected chi connectivity index (χ4v) is 1.84. The Kier molecular flexibility index (Phi) is 3.71. The van der Waals surface area contributed by atoms with Crippen molar-refractivity contribution < 1.29 is 13.2 Å². The number of rotatable bonds is 2. The molecule has 0 unspecified atom stereocenters. The van der Waals surface area contributed by atoms with E-state index in [9.17, 15) is 13.2 Å². The molecule has 0 aliphatic carbocycles. The van der Waals surface area contributed by atoms with Crippen molar-refractivity contribution >= 4 is 29.1 Å². The normalized spacial score (nSPS) is 11.4. The monoisotopic (exact) mass is 302 g/mol. The average molecular weight is 303 g/mol. The van der Waals surface area contributed by atoms with E-state index in [0.29, 0.717) is 0 Å². The fraction of sp³-hybridized carbons (Fsp3) is 0.167. The van der Waals surface area contributed by atoms with Crippen LogP contribution in [0.2, 0.25) is 5.15 Å². The van der Waals surface area contributed by atoms with Crippen LogP contribution in [0.15, 0.2) is 24.3 Å². The molecule has 1 aromatic heterocycles. The lowest BCUT2D eigenvalue weighted by atomic mass is 10.1. The molecule has 0 amide bonds. The van der Waals surface area contributed by atoms with Crippen LogP contribution in [0.3, 0.4) is 0 Å². The van der Waals surface area contributed by atoms with E-state index in [-0.39, 0.29) is 28.2 Å². The van der Waals surface area contributed by atoms with Crippen LogP contribution in [-0.4, -0.2) is 9.97 Å². The van der Waals surface area contributed by atoms with Gasteiger partial charge >= 0.3 is 6.18 Å². The molecule has 0 saturated heterocycles. The Morgan fingerprint density at radius 3 is 2.50 bits per heavy atom. The quantitative estimate of drug-likeness (QED) is 0.829. The smallest absolute Gasteiger partial charge is 0.368 e. The van der Waals surface area contributed by atoms with Crippen LogP contribution in [0.5, 0.6) is 0 Å². The summed E-state index contributed by atoms with van der Waals surface area (Å²) in [6, 6.07) is 5.25. The number of anilines is 3. The molecule has 106 valence electrons. The fourth-order valence-electron chi connectivity index (χ4n) is 1.65. The zero-order valence-corrected chi connectivity index (χ0v) is 11.0. The van der Waals surface area contributed by atoms with Gasteiger partial charge in [0, 0.05) is 11.8 Å². The molecule has 3 N–H and O–H groups in total. The Morgan fingerprint density at radius 2 is 1.90 bits per heavy atom. The molecule has 1 aromatic carbocycles. The van der Waals surface area contributed by atoms with Crippen molar-refractivity contribution in [2.24, 2.45) is 0 Å². The van der Waals surface area contributed by atoms with Gasteiger partial charge in [0.15, 0.2) is 0 Å². The van der Waals surface area contributed by atoms with Crippen LogP contribution in [0.25, 0.3) is 0 Å². The lowest BCUT2D eigenvalue weighted by Gasteiger charge is -2.13. The largest absolute Gasteiger partial charge is 0.416 e. The van der Waals surface area contributed by atoms with Gasteiger partial charge in [-0.3, -0.25) is 0 Å². The summed E-state index contributed by atoms with van der Waals surface area (Å²) >= 11 is 5.69. The predicted molar refractivity (Wildman–Crippen MR) is 70.9 cm³/mol. The molecule has 0 aliphatic rings. The van der Waals surface area contributed by atoms with Gasteiger partial charge in [0.25, 0.3) is 0 Å². The number of hydrogen-bond acceptors (Lipinski definition) is 4. The highest BCUT2D eigenvalue weighted by Gasteiger charge is 2.32. The molecule has 0 spiro atoms. The maximum atomic E-state index is 12.8. The highest BCUT2D eigenvalue weighted by atomic mass is 35.5. The maximum Gasteiger partial charge on any atom is 0.416 e. The minimum absolute atomic E-state index is 0.0665. The van der Waals surface area contributed by atoms with Crippen LogP contribution >= 0.6 is 11.6 Å². The van der Waals surface area contributed by atoms with Gasteiger partial charge in [0.2, 0.25) is 5.95 Å². The van der Waals surface area contributed by atoms with E-state index < -0.39 is 11.7 Å². The number of nitrogens with one attached hydrogen (secondary N) is 1. The second kappa shape index (κ2) is 5.16. The number of aromatic nitrogens is 2. The van der Waals surface area contributed by atoms with Gasteiger partial charge in [-0.2, -0.15) is 18.2 Å². The standard InChI is InChI=1S/C12H10ClF3N4/c1-6-2-3-7(4-8(6)12(14,15)16)18-10-5-9(13)19-11(17)20-10/h2-5H,1H3,(H3,17,18,19,20). The summed E-state index contributed by atoms with van der Waals surface area (Å²) in [6.07, 6.45) is -4.41. The lowest BCUT2D eigenvalue weighted by molar-refractivity contribution is -0.138. The average Bonchev–Trinajstić information content (AvgIpc) is 2.29. The van der Waals surface area contributed by atoms with Crippen molar-refractivity contribution in [3.63, 3.8) is 0 Å². The molecule has 1 heterocycles. The van der Waals surface area contributed by atoms with Crippen molar-refractivity contribution in [1.82, 2.24) is 9.97 Å². The Labute approximate surface area is 117 Å². The highest BCUT2D eigenvalue weighted by molar-refractivity contribution is 6.29. The first-order chi connectivity index (χ1) is 9.25. The van der Waals surface area contributed by atoms with Crippen molar-refractivity contribution in [3.8, 4) is 0 Å². The minimum Gasteiger partial charge on any atom is -0.368 e. The van der Waals surface area contributed by atoms with Gasteiger partial charge in [-0.1, -0.05) is 17.7 Å². The predicted octanol–water partition coefficient (Wildman–Crippen LogP) is 3.78. The van der Waals surface area contributed by atoms with Crippen molar-refractivity contribution in [1.29, 1.82) is 0 Å². The van der Waals surface area contributed by atoms with E-state index in [2.05, 4.69) is 15.3 Å². The number of nitrogens with zero attached hydrogens (tertiary/aromatic N) is 2. The Bertz CT molecular complexity index is 623. The SMILES string of the molecule is Cc1ccc(Nc2cc(Cl)nc(N)n2)cc1C(F)(F)F. The van der Waals surface area contributed by atoms with Crippen molar-refractivity contribution in [3.05, 3.63) is 40.5 Å².